The van der Waals surface area contributed by atoms with Gasteiger partial charge in [-0.05, 0) is 37.3 Å². The first-order valence-electron chi connectivity index (χ1n) is 10.2. The van der Waals surface area contributed by atoms with Gasteiger partial charge in [-0.3, -0.25) is 4.79 Å². The first-order chi connectivity index (χ1) is 14.5. The lowest BCUT2D eigenvalue weighted by atomic mass is 10.1. The number of piperazine rings is 1. The summed E-state index contributed by atoms with van der Waals surface area (Å²) < 4.78 is 10.7. The van der Waals surface area contributed by atoms with Crippen LogP contribution in [0.15, 0.2) is 42.5 Å². The maximum Gasteiger partial charge on any atom is 0.282 e. The van der Waals surface area contributed by atoms with Gasteiger partial charge in [-0.1, -0.05) is 12.1 Å². The van der Waals surface area contributed by atoms with Gasteiger partial charge in [0.15, 0.2) is 17.5 Å². The lowest BCUT2D eigenvalue weighted by Gasteiger charge is -2.32. The Balaban J connectivity index is 1.53. The third kappa shape index (κ3) is 5.09. The fraction of sp³-hybridized carbons (Fsp3) is 0.391. The summed E-state index contributed by atoms with van der Waals surface area (Å²) in [7, 11) is 3.29. The molecular formula is C23H30N4O3+2. The number of quaternary nitrogens is 2. The summed E-state index contributed by atoms with van der Waals surface area (Å²) in [5, 5.41) is 12.1. The van der Waals surface area contributed by atoms with Crippen molar-refractivity contribution in [3.63, 3.8) is 0 Å². The van der Waals surface area contributed by atoms with Crippen LogP contribution in [0.25, 0.3) is 0 Å². The summed E-state index contributed by atoms with van der Waals surface area (Å²) >= 11 is 0. The molecule has 1 fully saturated rings. The number of methoxy groups -OCH3 is 2. The second kappa shape index (κ2) is 10.1. The molecule has 0 aromatic heterocycles. The molecule has 0 bridgehead atoms. The Kier molecular flexibility index (Phi) is 7.28. The minimum atomic E-state index is -0.167. The molecule has 158 valence electrons. The maximum absolute atomic E-state index is 12.7. The average molecular weight is 411 g/mol. The second-order valence-electron chi connectivity index (χ2n) is 7.64. The molecule has 7 nitrogen and oxygen atoms in total. The minimum Gasteiger partial charge on any atom is -0.493 e. The van der Waals surface area contributed by atoms with E-state index in [-0.39, 0.29) is 11.9 Å². The van der Waals surface area contributed by atoms with Gasteiger partial charge in [0.05, 0.1) is 25.5 Å². The zero-order valence-corrected chi connectivity index (χ0v) is 17.8. The summed E-state index contributed by atoms with van der Waals surface area (Å²) in [5.41, 5.74) is 2.27. The van der Waals surface area contributed by atoms with Crippen LogP contribution in [0.3, 0.4) is 0 Å². The molecule has 1 saturated heterocycles. The molecule has 0 unspecified atom stereocenters. The van der Waals surface area contributed by atoms with Crippen LogP contribution in [0.4, 0.5) is 5.69 Å². The van der Waals surface area contributed by atoms with E-state index in [0.717, 1.165) is 44.2 Å². The number of anilines is 1. The number of rotatable bonds is 7. The van der Waals surface area contributed by atoms with Crippen LogP contribution in [0.1, 0.15) is 18.1 Å². The van der Waals surface area contributed by atoms with Crippen molar-refractivity contribution in [2.24, 2.45) is 0 Å². The smallest absolute Gasteiger partial charge is 0.282 e. The van der Waals surface area contributed by atoms with Gasteiger partial charge in [0.1, 0.15) is 38.8 Å². The molecule has 1 atom stereocenters. The third-order valence-corrected chi connectivity index (χ3v) is 5.81. The van der Waals surface area contributed by atoms with Gasteiger partial charge in [0, 0.05) is 5.56 Å². The number of carbonyl (C=O) groups excluding carboxylic acids is 1. The fourth-order valence-electron chi connectivity index (χ4n) is 3.93. The first-order valence-corrected chi connectivity index (χ1v) is 10.2. The summed E-state index contributed by atoms with van der Waals surface area (Å²) in [4.78, 5) is 15.5. The molecule has 0 radical (unpaired) electrons. The van der Waals surface area contributed by atoms with Crippen LogP contribution in [0, 0.1) is 11.3 Å². The predicted molar refractivity (Wildman–Crippen MR) is 114 cm³/mol. The lowest BCUT2D eigenvalue weighted by Crippen LogP contribution is -3.29. The SMILES string of the molecule is COc1ccc(C[NH+]2CC[NH+]([C@H](C)C(=O)Nc3ccccc3C#N)CC2)cc1OC. The number of benzene rings is 2. The van der Waals surface area contributed by atoms with Crippen LogP contribution in [-0.4, -0.2) is 52.3 Å². The van der Waals surface area contributed by atoms with Crippen molar-refractivity contribution in [3.8, 4) is 17.6 Å². The highest BCUT2D eigenvalue weighted by atomic mass is 16.5. The van der Waals surface area contributed by atoms with Gasteiger partial charge < -0.3 is 24.6 Å². The Morgan fingerprint density at radius 1 is 1.10 bits per heavy atom. The number of hydrogen-bond acceptors (Lipinski definition) is 4. The second-order valence-corrected chi connectivity index (χ2v) is 7.64. The van der Waals surface area contributed by atoms with E-state index in [1.807, 2.05) is 25.1 Å². The van der Waals surface area contributed by atoms with Crippen LogP contribution >= 0.6 is 0 Å². The molecule has 2 aromatic rings. The highest BCUT2D eigenvalue weighted by Crippen LogP contribution is 2.27. The van der Waals surface area contributed by atoms with Crippen LogP contribution in [-0.2, 0) is 11.3 Å². The molecular weight excluding hydrogens is 380 g/mol. The average Bonchev–Trinajstić information content (AvgIpc) is 2.79. The lowest BCUT2D eigenvalue weighted by molar-refractivity contribution is -1.02. The number of hydrogen-bond donors (Lipinski definition) is 3. The van der Waals surface area contributed by atoms with Gasteiger partial charge in [-0.15, -0.1) is 0 Å². The van der Waals surface area contributed by atoms with E-state index in [4.69, 9.17) is 9.47 Å². The first kappa shape index (κ1) is 21.6. The Bertz CT molecular complexity index is 917. The largest absolute Gasteiger partial charge is 0.493 e. The Labute approximate surface area is 177 Å². The van der Waals surface area contributed by atoms with Crippen molar-refractivity contribution in [1.29, 1.82) is 5.26 Å². The number of para-hydroxylation sites is 1. The molecule has 7 heteroatoms. The molecule has 1 heterocycles. The predicted octanol–water partition coefficient (Wildman–Crippen LogP) is -0.114. The Morgan fingerprint density at radius 3 is 2.47 bits per heavy atom. The molecule has 0 saturated carbocycles. The van der Waals surface area contributed by atoms with Gasteiger partial charge in [-0.25, -0.2) is 0 Å². The molecule has 1 aliphatic rings. The van der Waals surface area contributed by atoms with E-state index in [2.05, 4.69) is 17.5 Å². The van der Waals surface area contributed by atoms with Gasteiger partial charge in [0.2, 0.25) is 0 Å². The van der Waals surface area contributed by atoms with Crippen molar-refractivity contribution in [2.75, 3.05) is 45.7 Å². The topological polar surface area (TPSA) is 80.2 Å². The quantitative estimate of drug-likeness (QED) is 0.595. The number of nitriles is 1. The van der Waals surface area contributed by atoms with Crippen LogP contribution in [0.5, 0.6) is 11.5 Å². The highest BCUT2D eigenvalue weighted by molar-refractivity contribution is 5.94. The highest BCUT2D eigenvalue weighted by Gasteiger charge is 2.31. The molecule has 1 aliphatic heterocycles. The van der Waals surface area contributed by atoms with Gasteiger partial charge >= 0.3 is 0 Å². The molecule has 30 heavy (non-hydrogen) atoms. The summed E-state index contributed by atoms with van der Waals surface area (Å²) in [5.74, 6) is 1.45. The third-order valence-electron chi connectivity index (χ3n) is 5.81. The van der Waals surface area contributed by atoms with E-state index < -0.39 is 0 Å². The molecule has 1 amide bonds. The van der Waals surface area contributed by atoms with Crippen molar-refractivity contribution >= 4 is 11.6 Å². The summed E-state index contributed by atoms with van der Waals surface area (Å²) in [6.07, 6.45) is 0. The number of amides is 1. The number of nitrogens with zero attached hydrogens (tertiary/aromatic N) is 1. The van der Waals surface area contributed by atoms with E-state index in [9.17, 15) is 10.1 Å². The molecule has 3 rings (SSSR count). The van der Waals surface area contributed by atoms with E-state index >= 15 is 0 Å². The normalized spacial score (nSPS) is 19.4. The zero-order valence-electron chi connectivity index (χ0n) is 17.8. The fourth-order valence-corrected chi connectivity index (χ4v) is 3.93. The van der Waals surface area contributed by atoms with Crippen molar-refractivity contribution < 1.29 is 24.1 Å². The minimum absolute atomic E-state index is 0.0453. The maximum atomic E-state index is 12.7. The van der Waals surface area contributed by atoms with E-state index in [0.29, 0.717) is 11.3 Å². The summed E-state index contributed by atoms with van der Waals surface area (Å²) in [6.45, 7) is 6.73. The van der Waals surface area contributed by atoms with E-state index in [1.165, 1.54) is 15.4 Å². The molecule has 2 aromatic carbocycles. The van der Waals surface area contributed by atoms with Crippen LogP contribution in [0.2, 0.25) is 0 Å². The molecule has 3 N–H and O–H groups in total. The number of ether oxygens (including phenoxy) is 2. The Hall–Kier alpha value is -3.08. The number of nitrogens with one attached hydrogen (secondary N) is 3. The monoisotopic (exact) mass is 410 g/mol. The van der Waals surface area contributed by atoms with E-state index in [1.54, 1.807) is 32.4 Å². The standard InChI is InChI=1S/C23H28N4O3/c1-17(23(28)25-20-7-5-4-6-19(20)15-24)27-12-10-26(11-13-27)16-18-8-9-21(29-2)22(14-18)30-3/h4-9,14,17H,10-13,16H2,1-3H3,(H,25,28)/p+2/t17-/m1/s1. The number of carbonyl (C=O) groups is 1. The van der Waals surface area contributed by atoms with Crippen LogP contribution < -0.4 is 24.6 Å². The van der Waals surface area contributed by atoms with Gasteiger partial charge in [0.25, 0.3) is 5.91 Å². The zero-order chi connectivity index (χ0) is 21.5. The molecule has 0 spiro atoms. The van der Waals surface area contributed by atoms with Crippen molar-refractivity contribution in [1.82, 2.24) is 0 Å². The summed E-state index contributed by atoms with van der Waals surface area (Å²) in [6, 6.07) is 15.1. The van der Waals surface area contributed by atoms with Gasteiger partial charge in [-0.2, -0.15) is 5.26 Å². The molecule has 0 aliphatic carbocycles. The van der Waals surface area contributed by atoms with Crippen molar-refractivity contribution in [3.05, 3.63) is 53.6 Å². The van der Waals surface area contributed by atoms with Crippen molar-refractivity contribution in [2.45, 2.75) is 19.5 Å². The Morgan fingerprint density at radius 2 is 1.80 bits per heavy atom.